The summed E-state index contributed by atoms with van der Waals surface area (Å²) in [7, 11) is 0. The molecule has 0 saturated heterocycles. The van der Waals surface area contributed by atoms with Crippen molar-refractivity contribution in [2.45, 2.75) is 19.9 Å². The fraction of sp³-hybridized carbons (Fsp3) is 0.200. The molecule has 0 aliphatic heterocycles. The van der Waals surface area contributed by atoms with Gasteiger partial charge in [0.15, 0.2) is 0 Å². The molecule has 2 N–H and O–H groups in total. The van der Waals surface area contributed by atoms with Crippen LogP contribution in [0.5, 0.6) is 0 Å². The van der Waals surface area contributed by atoms with Crippen LogP contribution in [-0.2, 0) is 0 Å². The highest BCUT2D eigenvalue weighted by Gasteiger charge is 2.19. The summed E-state index contributed by atoms with van der Waals surface area (Å²) in [5, 5.41) is 0.830. The van der Waals surface area contributed by atoms with Crippen molar-refractivity contribution < 1.29 is 4.39 Å². The highest BCUT2D eigenvalue weighted by molar-refractivity contribution is 6.32. The molecule has 0 radical (unpaired) electrons. The van der Waals surface area contributed by atoms with E-state index in [4.69, 9.17) is 28.9 Å². The maximum Gasteiger partial charge on any atom is 0.129 e. The summed E-state index contributed by atoms with van der Waals surface area (Å²) in [5.41, 5.74) is 9.21. The number of hydrogen-bond donors (Lipinski definition) is 1. The number of rotatable bonds is 2. The van der Waals surface area contributed by atoms with Gasteiger partial charge < -0.3 is 5.73 Å². The van der Waals surface area contributed by atoms with Gasteiger partial charge in [0, 0.05) is 15.6 Å². The first-order chi connectivity index (χ1) is 8.91. The Morgan fingerprint density at radius 1 is 1.05 bits per heavy atom. The molecule has 1 unspecified atom stereocenters. The Labute approximate surface area is 122 Å². The SMILES string of the molecule is Cc1cc(Cl)c(C(N)c2c(F)cccc2Cl)cc1C. The molecule has 0 saturated carbocycles. The molecule has 2 aromatic rings. The monoisotopic (exact) mass is 297 g/mol. The Kier molecular flexibility index (Phi) is 4.14. The third-order valence-corrected chi connectivity index (χ3v) is 3.92. The van der Waals surface area contributed by atoms with Gasteiger partial charge in [-0.1, -0.05) is 35.3 Å². The first kappa shape index (κ1) is 14.3. The van der Waals surface area contributed by atoms with Crippen molar-refractivity contribution in [2.75, 3.05) is 0 Å². The van der Waals surface area contributed by atoms with Crippen LogP contribution in [0, 0.1) is 19.7 Å². The summed E-state index contributed by atoms with van der Waals surface area (Å²) in [6.07, 6.45) is 0. The van der Waals surface area contributed by atoms with E-state index in [0.717, 1.165) is 11.1 Å². The van der Waals surface area contributed by atoms with Gasteiger partial charge in [-0.05, 0) is 48.7 Å². The Balaban J connectivity index is 2.56. The van der Waals surface area contributed by atoms with Crippen LogP contribution < -0.4 is 5.73 Å². The third kappa shape index (κ3) is 2.76. The predicted octanol–water partition coefficient (Wildman–Crippen LogP) is 4.80. The summed E-state index contributed by atoms with van der Waals surface area (Å²) in [6, 6.07) is 7.55. The zero-order valence-corrected chi connectivity index (χ0v) is 12.2. The van der Waals surface area contributed by atoms with E-state index in [1.807, 2.05) is 26.0 Å². The predicted molar refractivity (Wildman–Crippen MR) is 78.4 cm³/mol. The third-order valence-electron chi connectivity index (χ3n) is 3.26. The van der Waals surface area contributed by atoms with Crippen molar-refractivity contribution in [3.05, 3.63) is 68.4 Å². The van der Waals surface area contributed by atoms with Gasteiger partial charge in [-0.3, -0.25) is 0 Å². The lowest BCUT2D eigenvalue weighted by Gasteiger charge is -2.18. The zero-order chi connectivity index (χ0) is 14.2. The van der Waals surface area contributed by atoms with E-state index in [1.165, 1.54) is 6.07 Å². The minimum Gasteiger partial charge on any atom is -0.320 e. The lowest BCUT2D eigenvalue weighted by atomic mass is 9.96. The van der Waals surface area contributed by atoms with Crippen LogP contribution >= 0.6 is 23.2 Å². The van der Waals surface area contributed by atoms with Gasteiger partial charge in [-0.15, -0.1) is 0 Å². The largest absolute Gasteiger partial charge is 0.320 e. The molecular formula is C15H14Cl2FN. The molecule has 100 valence electrons. The van der Waals surface area contributed by atoms with Crippen LogP contribution in [0.3, 0.4) is 0 Å². The molecule has 1 atom stereocenters. The normalized spacial score (nSPS) is 12.5. The number of aryl methyl sites for hydroxylation is 2. The minimum atomic E-state index is -0.680. The maximum absolute atomic E-state index is 13.9. The van der Waals surface area contributed by atoms with E-state index in [9.17, 15) is 4.39 Å². The molecule has 0 aromatic heterocycles. The fourth-order valence-corrected chi connectivity index (χ4v) is 2.62. The van der Waals surface area contributed by atoms with E-state index >= 15 is 0 Å². The molecule has 0 amide bonds. The van der Waals surface area contributed by atoms with Crippen molar-refractivity contribution in [2.24, 2.45) is 5.73 Å². The van der Waals surface area contributed by atoms with Crippen LogP contribution in [-0.4, -0.2) is 0 Å². The van der Waals surface area contributed by atoms with Gasteiger partial charge in [0.25, 0.3) is 0 Å². The Bertz CT molecular complexity index is 606. The first-order valence-corrected chi connectivity index (χ1v) is 6.63. The molecular weight excluding hydrogens is 284 g/mol. The van der Waals surface area contributed by atoms with E-state index in [0.29, 0.717) is 15.6 Å². The molecule has 1 nitrogen and oxygen atoms in total. The number of nitrogens with two attached hydrogens (primary N) is 1. The smallest absolute Gasteiger partial charge is 0.129 e. The van der Waals surface area contributed by atoms with Crippen molar-refractivity contribution in [1.29, 1.82) is 0 Å². The molecule has 0 aliphatic carbocycles. The molecule has 0 spiro atoms. The van der Waals surface area contributed by atoms with Crippen molar-refractivity contribution in [1.82, 2.24) is 0 Å². The lowest BCUT2D eigenvalue weighted by Crippen LogP contribution is -2.15. The molecule has 0 bridgehead atoms. The molecule has 2 rings (SSSR count). The summed E-state index contributed by atoms with van der Waals surface area (Å²) in [6.45, 7) is 3.93. The molecule has 2 aromatic carbocycles. The van der Waals surface area contributed by atoms with Crippen molar-refractivity contribution in [3.63, 3.8) is 0 Å². The van der Waals surface area contributed by atoms with Crippen molar-refractivity contribution in [3.8, 4) is 0 Å². The quantitative estimate of drug-likeness (QED) is 0.847. The Hall–Kier alpha value is -1.09. The van der Waals surface area contributed by atoms with Gasteiger partial charge in [-0.2, -0.15) is 0 Å². The van der Waals surface area contributed by atoms with Crippen LogP contribution in [0.2, 0.25) is 10.0 Å². The molecule has 19 heavy (non-hydrogen) atoms. The minimum absolute atomic E-state index is 0.273. The highest BCUT2D eigenvalue weighted by atomic mass is 35.5. The van der Waals surface area contributed by atoms with Crippen molar-refractivity contribution >= 4 is 23.2 Å². The van der Waals surface area contributed by atoms with E-state index in [1.54, 1.807) is 12.1 Å². The van der Waals surface area contributed by atoms with E-state index in [-0.39, 0.29) is 5.56 Å². The molecule has 0 aliphatic rings. The van der Waals surface area contributed by atoms with Crippen LogP contribution in [0.15, 0.2) is 30.3 Å². The molecule has 0 heterocycles. The van der Waals surface area contributed by atoms with E-state index in [2.05, 4.69) is 0 Å². The number of benzene rings is 2. The molecule has 4 heteroatoms. The Morgan fingerprint density at radius 3 is 2.32 bits per heavy atom. The summed E-state index contributed by atoms with van der Waals surface area (Å²) >= 11 is 12.2. The Morgan fingerprint density at radius 2 is 1.68 bits per heavy atom. The number of hydrogen-bond acceptors (Lipinski definition) is 1. The second-order valence-electron chi connectivity index (χ2n) is 4.57. The fourth-order valence-electron chi connectivity index (χ4n) is 2.00. The van der Waals surface area contributed by atoms with Crippen LogP contribution in [0.25, 0.3) is 0 Å². The van der Waals surface area contributed by atoms with Gasteiger partial charge in [0.2, 0.25) is 0 Å². The van der Waals surface area contributed by atoms with Crippen LogP contribution in [0.4, 0.5) is 4.39 Å². The second kappa shape index (κ2) is 5.49. The zero-order valence-electron chi connectivity index (χ0n) is 10.7. The van der Waals surface area contributed by atoms with Gasteiger partial charge >= 0.3 is 0 Å². The number of halogens is 3. The second-order valence-corrected chi connectivity index (χ2v) is 5.39. The average molecular weight is 298 g/mol. The van der Waals surface area contributed by atoms with Gasteiger partial charge in [-0.25, -0.2) is 4.39 Å². The van der Waals surface area contributed by atoms with E-state index < -0.39 is 11.9 Å². The average Bonchev–Trinajstić information content (AvgIpc) is 2.33. The maximum atomic E-state index is 13.9. The van der Waals surface area contributed by atoms with Crippen LogP contribution in [0.1, 0.15) is 28.3 Å². The molecule has 0 fully saturated rings. The topological polar surface area (TPSA) is 26.0 Å². The standard InChI is InChI=1S/C15H14Cl2FN/c1-8-6-10(12(17)7-9(8)2)15(19)14-11(16)4-3-5-13(14)18/h3-7,15H,19H2,1-2H3. The van der Waals surface area contributed by atoms with Gasteiger partial charge in [0.1, 0.15) is 5.82 Å². The van der Waals surface area contributed by atoms with Gasteiger partial charge in [0.05, 0.1) is 6.04 Å². The summed E-state index contributed by atoms with van der Waals surface area (Å²) in [5.74, 6) is -0.422. The summed E-state index contributed by atoms with van der Waals surface area (Å²) in [4.78, 5) is 0. The lowest BCUT2D eigenvalue weighted by molar-refractivity contribution is 0.600. The first-order valence-electron chi connectivity index (χ1n) is 5.88. The summed E-state index contributed by atoms with van der Waals surface area (Å²) < 4.78 is 13.9. The highest BCUT2D eigenvalue weighted by Crippen LogP contribution is 2.33.